The van der Waals surface area contributed by atoms with Gasteiger partial charge in [0, 0.05) is 0 Å². The molecule has 0 bridgehead atoms. The summed E-state index contributed by atoms with van der Waals surface area (Å²) in [5, 5.41) is 0. The van der Waals surface area contributed by atoms with Crippen molar-refractivity contribution in [3.05, 3.63) is 23.7 Å². The van der Waals surface area contributed by atoms with E-state index in [0.717, 1.165) is 0 Å². The van der Waals surface area contributed by atoms with Gasteiger partial charge in [-0.25, -0.2) is 13.6 Å². The van der Waals surface area contributed by atoms with Crippen molar-refractivity contribution in [3.8, 4) is 0 Å². The molecule has 0 N–H and O–H groups in total. The van der Waals surface area contributed by atoms with Crippen molar-refractivity contribution >= 4 is 5.97 Å². The van der Waals surface area contributed by atoms with Crippen molar-refractivity contribution in [3.63, 3.8) is 0 Å². The Hall–Kier alpha value is -1.43. The molecule has 1 atom stereocenters. The monoisotopic (exact) mass is 247 g/mol. The Morgan fingerprint density at radius 3 is 2.71 bits per heavy atom. The molecule has 17 heavy (non-hydrogen) atoms. The van der Waals surface area contributed by atoms with Crippen molar-refractivity contribution in [2.24, 2.45) is 0 Å². The number of esters is 1. The molecule has 0 aliphatic rings. The van der Waals surface area contributed by atoms with Gasteiger partial charge in [-0.05, 0) is 26.1 Å². The highest BCUT2D eigenvalue weighted by molar-refractivity contribution is 5.86. The Kier molecular flexibility index (Phi) is 4.62. The largest absolute Gasteiger partial charge is 0.463 e. The summed E-state index contributed by atoms with van der Waals surface area (Å²) in [4.78, 5) is 12.6. The lowest BCUT2D eigenvalue weighted by atomic mass is 10.2. The van der Waals surface area contributed by atoms with Gasteiger partial charge >= 0.3 is 5.97 Å². The minimum absolute atomic E-state index is 0.0693. The van der Waals surface area contributed by atoms with Gasteiger partial charge in [-0.2, -0.15) is 0 Å². The highest BCUT2D eigenvalue weighted by Crippen LogP contribution is 2.22. The van der Waals surface area contributed by atoms with Gasteiger partial charge in [0.15, 0.2) is 0 Å². The zero-order chi connectivity index (χ0) is 13.0. The molecule has 0 unspecified atom stereocenters. The molecule has 0 saturated carbocycles. The lowest BCUT2D eigenvalue weighted by Crippen LogP contribution is -2.27. The molecular formula is C11H15F2NO3. The molecule has 0 saturated heterocycles. The Balaban J connectivity index is 2.72. The number of rotatable bonds is 5. The normalized spacial score (nSPS) is 13.1. The number of carbonyl (C=O) groups is 1. The summed E-state index contributed by atoms with van der Waals surface area (Å²) in [5.41, 5.74) is 0. The van der Waals surface area contributed by atoms with Gasteiger partial charge in [0.05, 0.1) is 19.7 Å². The van der Waals surface area contributed by atoms with Crippen LogP contribution in [0.25, 0.3) is 0 Å². The molecular weight excluding hydrogens is 232 g/mol. The van der Waals surface area contributed by atoms with Gasteiger partial charge in [0.25, 0.3) is 6.43 Å². The Morgan fingerprint density at radius 2 is 2.18 bits per heavy atom. The van der Waals surface area contributed by atoms with Crippen LogP contribution in [0.5, 0.6) is 0 Å². The smallest absolute Gasteiger partial charge is 0.373 e. The highest BCUT2D eigenvalue weighted by Gasteiger charge is 2.20. The summed E-state index contributed by atoms with van der Waals surface area (Å²) in [6.45, 7) is 1.37. The highest BCUT2D eigenvalue weighted by atomic mass is 19.3. The van der Waals surface area contributed by atoms with Crippen molar-refractivity contribution < 1.29 is 22.7 Å². The first-order valence-corrected chi connectivity index (χ1v) is 5.12. The minimum Gasteiger partial charge on any atom is -0.463 e. The van der Waals surface area contributed by atoms with E-state index in [2.05, 4.69) is 4.74 Å². The fourth-order valence-electron chi connectivity index (χ4n) is 1.38. The van der Waals surface area contributed by atoms with E-state index in [1.165, 1.54) is 18.1 Å². The number of hydrogen-bond acceptors (Lipinski definition) is 4. The van der Waals surface area contributed by atoms with E-state index < -0.39 is 12.4 Å². The predicted octanol–water partition coefficient (Wildman–Crippen LogP) is 2.32. The van der Waals surface area contributed by atoms with Crippen LogP contribution in [0.4, 0.5) is 8.78 Å². The van der Waals surface area contributed by atoms with E-state index in [9.17, 15) is 13.6 Å². The third-order valence-corrected chi connectivity index (χ3v) is 2.51. The molecule has 1 aromatic heterocycles. The molecule has 1 aromatic rings. The van der Waals surface area contributed by atoms with Crippen molar-refractivity contribution in [2.75, 3.05) is 20.7 Å². The van der Waals surface area contributed by atoms with E-state index in [4.69, 9.17) is 4.42 Å². The first-order valence-electron chi connectivity index (χ1n) is 5.12. The van der Waals surface area contributed by atoms with Gasteiger partial charge in [-0.15, -0.1) is 0 Å². The predicted molar refractivity (Wildman–Crippen MR) is 57.1 cm³/mol. The molecule has 0 spiro atoms. The number of methoxy groups -OCH3 is 1. The summed E-state index contributed by atoms with van der Waals surface area (Å²) < 4.78 is 34.1. The summed E-state index contributed by atoms with van der Waals surface area (Å²) in [6.07, 6.45) is -2.41. The third-order valence-electron chi connectivity index (χ3n) is 2.51. The van der Waals surface area contributed by atoms with E-state index in [1.807, 2.05) is 0 Å². The van der Waals surface area contributed by atoms with Gasteiger partial charge in [-0.1, -0.05) is 0 Å². The standard InChI is InChI=1S/C11H15F2NO3/c1-7(14(2)6-10(12)13)8-4-5-9(17-8)11(15)16-3/h4-5,7,10H,6H2,1-3H3/t7-/m1/s1. The second-order valence-corrected chi connectivity index (χ2v) is 3.70. The number of furan rings is 1. The Morgan fingerprint density at radius 1 is 1.53 bits per heavy atom. The van der Waals surface area contributed by atoms with Crippen LogP contribution in [0.3, 0.4) is 0 Å². The molecule has 4 nitrogen and oxygen atoms in total. The van der Waals surface area contributed by atoms with Crippen LogP contribution in [0.1, 0.15) is 29.3 Å². The van der Waals surface area contributed by atoms with Crippen molar-refractivity contribution in [1.29, 1.82) is 0 Å². The average Bonchev–Trinajstić information content (AvgIpc) is 2.75. The van der Waals surface area contributed by atoms with Crippen LogP contribution in [-0.2, 0) is 4.74 Å². The lowest BCUT2D eigenvalue weighted by Gasteiger charge is -2.22. The van der Waals surface area contributed by atoms with Gasteiger partial charge in [-0.3, -0.25) is 4.90 Å². The Bertz CT molecular complexity index is 379. The van der Waals surface area contributed by atoms with Crippen LogP contribution >= 0.6 is 0 Å². The molecule has 0 amide bonds. The van der Waals surface area contributed by atoms with Crippen LogP contribution in [0.2, 0.25) is 0 Å². The maximum Gasteiger partial charge on any atom is 0.373 e. The molecule has 0 radical (unpaired) electrons. The van der Waals surface area contributed by atoms with Crippen LogP contribution in [0.15, 0.2) is 16.5 Å². The van der Waals surface area contributed by atoms with Crippen LogP contribution in [-0.4, -0.2) is 38.0 Å². The maximum absolute atomic E-state index is 12.2. The quantitative estimate of drug-likeness (QED) is 0.749. The molecule has 96 valence electrons. The molecule has 6 heteroatoms. The van der Waals surface area contributed by atoms with E-state index in [-0.39, 0.29) is 18.3 Å². The number of carbonyl (C=O) groups excluding carboxylic acids is 1. The summed E-state index contributed by atoms with van der Waals surface area (Å²) >= 11 is 0. The van der Waals surface area contributed by atoms with E-state index in [0.29, 0.717) is 5.76 Å². The van der Waals surface area contributed by atoms with Crippen molar-refractivity contribution in [2.45, 2.75) is 19.4 Å². The number of hydrogen-bond donors (Lipinski definition) is 0. The third kappa shape index (κ3) is 3.52. The molecule has 1 heterocycles. The zero-order valence-electron chi connectivity index (χ0n) is 9.94. The molecule has 1 rings (SSSR count). The maximum atomic E-state index is 12.2. The van der Waals surface area contributed by atoms with Crippen LogP contribution in [0, 0.1) is 0 Å². The summed E-state index contributed by atoms with van der Waals surface area (Å²) in [6, 6.07) is 2.72. The second kappa shape index (κ2) is 5.77. The molecule has 0 aromatic carbocycles. The number of alkyl halides is 2. The summed E-state index contributed by atoms with van der Waals surface area (Å²) in [7, 11) is 2.81. The first kappa shape index (κ1) is 13.6. The second-order valence-electron chi connectivity index (χ2n) is 3.70. The SMILES string of the molecule is COC(=O)c1ccc([C@@H](C)N(C)CC(F)F)o1. The van der Waals surface area contributed by atoms with Gasteiger partial charge < -0.3 is 9.15 Å². The fraction of sp³-hybridized carbons (Fsp3) is 0.545. The van der Waals surface area contributed by atoms with E-state index >= 15 is 0 Å². The molecule has 0 fully saturated rings. The van der Waals surface area contributed by atoms with E-state index in [1.54, 1.807) is 20.0 Å². The topological polar surface area (TPSA) is 42.7 Å². The van der Waals surface area contributed by atoms with Gasteiger partial charge in [0.1, 0.15) is 5.76 Å². The summed E-state index contributed by atoms with van der Waals surface area (Å²) in [5.74, 6) is -0.0618. The molecule has 0 aliphatic heterocycles. The average molecular weight is 247 g/mol. The minimum atomic E-state index is -2.41. The number of halogens is 2. The number of nitrogens with zero attached hydrogens (tertiary/aromatic N) is 1. The van der Waals surface area contributed by atoms with Crippen molar-refractivity contribution in [1.82, 2.24) is 4.90 Å². The number of ether oxygens (including phenoxy) is 1. The Labute approximate surface area is 98.1 Å². The fourth-order valence-corrected chi connectivity index (χ4v) is 1.38. The van der Waals surface area contributed by atoms with Crippen LogP contribution < -0.4 is 0 Å². The lowest BCUT2D eigenvalue weighted by molar-refractivity contribution is 0.0550. The zero-order valence-corrected chi connectivity index (χ0v) is 9.94. The first-order chi connectivity index (χ1) is 7.95. The molecule has 0 aliphatic carbocycles. The van der Waals surface area contributed by atoms with Gasteiger partial charge in [0.2, 0.25) is 5.76 Å².